The summed E-state index contributed by atoms with van der Waals surface area (Å²) in [4.78, 5) is 11.5. The van der Waals surface area contributed by atoms with Gasteiger partial charge in [0, 0.05) is 6.07 Å². The second kappa shape index (κ2) is 4.53. The van der Waals surface area contributed by atoms with Crippen LogP contribution < -0.4 is 9.47 Å². The fraction of sp³-hybridized carbons (Fsp3) is 0.0833. The molecule has 0 aliphatic carbocycles. The van der Waals surface area contributed by atoms with Crippen molar-refractivity contribution in [1.82, 2.24) is 0 Å². The maximum atomic E-state index is 11.5. The minimum absolute atomic E-state index is 0.169. The van der Waals surface area contributed by atoms with Gasteiger partial charge in [0.1, 0.15) is 11.5 Å². The van der Waals surface area contributed by atoms with Gasteiger partial charge >= 0.3 is 5.97 Å². The molecule has 4 heteroatoms. The molecule has 16 heavy (non-hydrogen) atoms. The minimum Gasteiger partial charge on any atom is -0.497 e. The smallest absolute Gasteiger partial charge is 0.379 e. The van der Waals surface area contributed by atoms with E-state index in [9.17, 15) is 4.79 Å². The van der Waals surface area contributed by atoms with Crippen LogP contribution in [0.1, 0.15) is 10.6 Å². The molecule has 0 bridgehead atoms. The van der Waals surface area contributed by atoms with Crippen LogP contribution in [0.5, 0.6) is 11.5 Å². The van der Waals surface area contributed by atoms with Gasteiger partial charge in [-0.15, -0.1) is 0 Å². The molecule has 0 fully saturated rings. The highest BCUT2D eigenvalue weighted by Crippen LogP contribution is 2.19. The molecular formula is C12H10O4. The Morgan fingerprint density at radius 3 is 2.69 bits per heavy atom. The van der Waals surface area contributed by atoms with E-state index in [1.54, 1.807) is 43.5 Å². The molecule has 1 aromatic heterocycles. The van der Waals surface area contributed by atoms with Gasteiger partial charge in [-0.3, -0.25) is 0 Å². The number of benzene rings is 1. The van der Waals surface area contributed by atoms with Crippen LogP contribution in [0.25, 0.3) is 0 Å². The fourth-order valence-corrected chi connectivity index (χ4v) is 1.22. The lowest BCUT2D eigenvalue weighted by Crippen LogP contribution is -2.06. The minimum atomic E-state index is -0.529. The molecule has 2 rings (SSSR count). The Labute approximate surface area is 92.4 Å². The summed E-state index contributed by atoms with van der Waals surface area (Å²) in [5, 5.41) is 0. The second-order valence-electron chi connectivity index (χ2n) is 3.05. The summed E-state index contributed by atoms with van der Waals surface area (Å²) in [6, 6.07) is 9.97. The van der Waals surface area contributed by atoms with Crippen molar-refractivity contribution in [3.05, 3.63) is 48.4 Å². The zero-order chi connectivity index (χ0) is 11.4. The van der Waals surface area contributed by atoms with Crippen molar-refractivity contribution in [2.75, 3.05) is 7.11 Å². The Hall–Kier alpha value is -2.23. The van der Waals surface area contributed by atoms with Crippen molar-refractivity contribution < 1.29 is 18.7 Å². The van der Waals surface area contributed by atoms with E-state index in [4.69, 9.17) is 13.9 Å². The highest BCUT2D eigenvalue weighted by molar-refractivity contribution is 5.88. The molecule has 4 nitrogen and oxygen atoms in total. The summed E-state index contributed by atoms with van der Waals surface area (Å²) in [5.41, 5.74) is 0. The molecule has 0 aliphatic rings. The first-order valence-electron chi connectivity index (χ1n) is 4.69. The number of esters is 1. The highest BCUT2D eigenvalue weighted by Gasteiger charge is 2.11. The fourth-order valence-electron chi connectivity index (χ4n) is 1.22. The molecule has 0 saturated carbocycles. The van der Waals surface area contributed by atoms with Gasteiger partial charge in [0.15, 0.2) is 0 Å². The molecule has 0 N–H and O–H groups in total. The van der Waals surface area contributed by atoms with Crippen molar-refractivity contribution in [3.8, 4) is 11.5 Å². The molecule has 0 amide bonds. The molecule has 0 aliphatic heterocycles. The molecule has 0 saturated heterocycles. The van der Waals surface area contributed by atoms with Crippen LogP contribution in [-0.2, 0) is 0 Å². The van der Waals surface area contributed by atoms with E-state index in [0.29, 0.717) is 11.5 Å². The molecule has 0 radical (unpaired) electrons. The van der Waals surface area contributed by atoms with Gasteiger partial charge in [-0.25, -0.2) is 4.79 Å². The third kappa shape index (κ3) is 2.23. The molecule has 1 aromatic carbocycles. The largest absolute Gasteiger partial charge is 0.497 e. The number of carbonyl (C=O) groups is 1. The topological polar surface area (TPSA) is 48.7 Å². The first kappa shape index (κ1) is 10.3. The first-order valence-corrected chi connectivity index (χ1v) is 4.69. The van der Waals surface area contributed by atoms with Crippen molar-refractivity contribution >= 4 is 5.97 Å². The van der Waals surface area contributed by atoms with Crippen molar-refractivity contribution in [2.45, 2.75) is 0 Å². The normalized spacial score (nSPS) is 9.81. The average molecular weight is 218 g/mol. The van der Waals surface area contributed by atoms with Gasteiger partial charge < -0.3 is 13.9 Å². The van der Waals surface area contributed by atoms with E-state index in [1.165, 1.54) is 6.26 Å². The Morgan fingerprint density at radius 2 is 2.00 bits per heavy atom. The standard InChI is InChI=1S/C12H10O4/c1-14-9-4-2-5-10(8-9)16-12(13)11-6-3-7-15-11/h2-8H,1H3. The molecule has 0 unspecified atom stereocenters. The van der Waals surface area contributed by atoms with Gasteiger partial charge in [-0.2, -0.15) is 0 Å². The van der Waals surface area contributed by atoms with E-state index in [-0.39, 0.29) is 5.76 Å². The van der Waals surface area contributed by atoms with Gasteiger partial charge in [0.25, 0.3) is 0 Å². The van der Waals surface area contributed by atoms with Crippen LogP contribution in [0.15, 0.2) is 47.1 Å². The zero-order valence-electron chi connectivity index (χ0n) is 8.67. The lowest BCUT2D eigenvalue weighted by molar-refractivity contribution is 0.0701. The number of hydrogen-bond donors (Lipinski definition) is 0. The summed E-state index contributed by atoms with van der Waals surface area (Å²) >= 11 is 0. The van der Waals surface area contributed by atoms with E-state index in [0.717, 1.165) is 0 Å². The number of furan rings is 1. The molecule has 0 atom stereocenters. The molecule has 82 valence electrons. The lowest BCUT2D eigenvalue weighted by atomic mass is 10.3. The van der Waals surface area contributed by atoms with Gasteiger partial charge in [-0.05, 0) is 24.3 Å². The monoisotopic (exact) mass is 218 g/mol. The van der Waals surface area contributed by atoms with Crippen LogP contribution >= 0.6 is 0 Å². The SMILES string of the molecule is COc1cccc(OC(=O)c2ccco2)c1. The van der Waals surface area contributed by atoms with Crippen LogP contribution in [0.2, 0.25) is 0 Å². The average Bonchev–Trinajstić information content (AvgIpc) is 2.83. The van der Waals surface area contributed by atoms with Crippen LogP contribution in [0.4, 0.5) is 0 Å². The molecule has 0 spiro atoms. The van der Waals surface area contributed by atoms with E-state index in [1.807, 2.05) is 0 Å². The maximum Gasteiger partial charge on any atom is 0.379 e. The zero-order valence-corrected chi connectivity index (χ0v) is 8.67. The van der Waals surface area contributed by atoms with Crippen molar-refractivity contribution in [3.63, 3.8) is 0 Å². The van der Waals surface area contributed by atoms with Crippen molar-refractivity contribution in [2.24, 2.45) is 0 Å². The number of methoxy groups -OCH3 is 1. The summed E-state index contributed by atoms with van der Waals surface area (Å²) in [6.45, 7) is 0. The Balaban J connectivity index is 2.12. The number of hydrogen-bond acceptors (Lipinski definition) is 4. The second-order valence-corrected chi connectivity index (χ2v) is 3.05. The molecular weight excluding hydrogens is 208 g/mol. The first-order chi connectivity index (χ1) is 7.79. The van der Waals surface area contributed by atoms with Crippen LogP contribution in [0.3, 0.4) is 0 Å². The van der Waals surface area contributed by atoms with Gasteiger partial charge in [0.05, 0.1) is 13.4 Å². The Bertz CT molecular complexity index is 474. The maximum absolute atomic E-state index is 11.5. The quantitative estimate of drug-likeness (QED) is 0.586. The predicted octanol–water partition coefficient (Wildman–Crippen LogP) is 2.51. The summed E-state index contributed by atoms with van der Waals surface area (Å²) < 4.78 is 15.0. The predicted molar refractivity (Wildman–Crippen MR) is 56.7 cm³/mol. The number of carbonyl (C=O) groups excluding carboxylic acids is 1. The number of ether oxygens (including phenoxy) is 2. The van der Waals surface area contributed by atoms with Gasteiger partial charge in [0.2, 0.25) is 5.76 Å². The molecule has 1 heterocycles. The summed E-state index contributed by atoms with van der Waals surface area (Å²) in [7, 11) is 1.55. The highest BCUT2D eigenvalue weighted by atomic mass is 16.5. The van der Waals surface area contributed by atoms with Crippen LogP contribution in [-0.4, -0.2) is 13.1 Å². The third-order valence-corrected chi connectivity index (χ3v) is 1.97. The van der Waals surface area contributed by atoms with E-state index in [2.05, 4.69) is 0 Å². The number of rotatable bonds is 3. The van der Waals surface area contributed by atoms with Gasteiger partial charge in [-0.1, -0.05) is 6.07 Å². The van der Waals surface area contributed by atoms with Crippen molar-refractivity contribution in [1.29, 1.82) is 0 Å². The van der Waals surface area contributed by atoms with E-state index < -0.39 is 5.97 Å². The van der Waals surface area contributed by atoms with Crippen LogP contribution in [0, 0.1) is 0 Å². The lowest BCUT2D eigenvalue weighted by Gasteiger charge is -2.04. The summed E-state index contributed by atoms with van der Waals surface area (Å²) in [5.74, 6) is 0.687. The summed E-state index contributed by atoms with van der Waals surface area (Å²) in [6.07, 6.45) is 1.42. The third-order valence-electron chi connectivity index (χ3n) is 1.97. The Kier molecular flexibility index (Phi) is 2.91. The molecule has 2 aromatic rings. The van der Waals surface area contributed by atoms with E-state index >= 15 is 0 Å². The Morgan fingerprint density at radius 1 is 1.19 bits per heavy atom.